The van der Waals surface area contributed by atoms with E-state index in [9.17, 15) is 14.4 Å². The maximum atomic E-state index is 12.9. The van der Waals surface area contributed by atoms with Crippen molar-refractivity contribution >= 4 is 17.9 Å². The van der Waals surface area contributed by atoms with E-state index in [1.165, 1.54) is 167 Å². The van der Waals surface area contributed by atoms with Gasteiger partial charge in [0.1, 0.15) is 13.2 Å². The van der Waals surface area contributed by atoms with Gasteiger partial charge in [-0.25, -0.2) is 0 Å². The van der Waals surface area contributed by atoms with Crippen LogP contribution in [0.1, 0.15) is 323 Å². The van der Waals surface area contributed by atoms with Gasteiger partial charge in [-0.15, -0.1) is 0 Å². The molecule has 0 bridgehead atoms. The molecule has 0 spiro atoms. The zero-order valence-electron chi connectivity index (χ0n) is 50.3. The molecule has 0 aromatic rings. The highest BCUT2D eigenvalue weighted by molar-refractivity contribution is 5.71. The van der Waals surface area contributed by atoms with E-state index in [1.54, 1.807) is 0 Å². The van der Waals surface area contributed by atoms with Crippen molar-refractivity contribution in [2.24, 2.45) is 0 Å². The molecular weight excluding hydrogens is 937 g/mol. The molecule has 0 radical (unpaired) electrons. The summed E-state index contributed by atoms with van der Waals surface area (Å²) >= 11 is 0. The molecule has 0 fully saturated rings. The number of carbonyl (C=O) groups is 3. The van der Waals surface area contributed by atoms with Gasteiger partial charge in [-0.2, -0.15) is 0 Å². The lowest BCUT2D eigenvalue weighted by Gasteiger charge is -2.18. The van der Waals surface area contributed by atoms with Gasteiger partial charge in [-0.1, -0.05) is 298 Å². The Kier molecular flexibility index (Phi) is 61.2. The highest BCUT2D eigenvalue weighted by Crippen LogP contribution is 2.17. The van der Waals surface area contributed by atoms with E-state index in [0.29, 0.717) is 19.3 Å². The summed E-state index contributed by atoms with van der Waals surface area (Å²) in [5.41, 5.74) is 0. The molecule has 0 aliphatic carbocycles. The van der Waals surface area contributed by atoms with Crippen LogP contribution in [0.2, 0.25) is 0 Å². The average molecular weight is 1060 g/mol. The van der Waals surface area contributed by atoms with Crippen LogP contribution < -0.4 is 0 Å². The molecule has 0 aliphatic heterocycles. The highest BCUT2D eigenvalue weighted by atomic mass is 16.6. The molecule has 0 amide bonds. The van der Waals surface area contributed by atoms with Gasteiger partial charge in [0.25, 0.3) is 0 Å². The zero-order chi connectivity index (χ0) is 55.0. The van der Waals surface area contributed by atoms with Gasteiger partial charge in [0.15, 0.2) is 6.10 Å². The Morgan fingerprint density at radius 3 is 0.842 bits per heavy atom. The fourth-order valence-corrected chi connectivity index (χ4v) is 9.25. The molecule has 0 aliphatic rings. The fourth-order valence-electron chi connectivity index (χ4n) is 9.25. The summed E-state index contributed by atoms with van der Waals surface area (Å²) in [4.78, 5) is 38.2. The maximum Gasteiger partial charge on any atom is 0.306 e. The molecule has 0 rings (SSSR count). The standard InChI is InChI=1S/C70H122O6/c1-4-7-10-13-16-19-22-25-27-28-29-30-31-32-33-34-35-36-37-38-39-40-41-42-43-46-48-51-54-57-60-63-69(72)75-66-67(65-74-68(71)62-59-56-53-50-47-44-24-21-18-15-12-9-6-3)76-70(73)64-61-58-55-52-49-45-26-23-20-17-14-11-8-5-2/h7,10,14,16-17,19,23,25-27,29-30,32-33,67H,4-6,8-9,11-13,15,18,20-22,24,28,31,34-66H2,1-3H3/b10-7-,17-14-,19-16-,26-23-,27-25-,30-29-,33-32-. The largest absolute Gasteiger partial charge is 0.462 e. The van der Waals surface area contributed by atoms with Crippen LogP contribution in [-0.4, -0.2) is 37.2 Å². The van der Waals surface area contributed by atoms with Crippen molar-refractivity contribution in [2.75, 3.05) is 13.2 Å². The van der Waals surface area contributed by atoms with Crippen molar-refractivity contribution in [3.8, 4) is 0 Å². The van der Waals surface area contributed by atoms with Gasteiger partial charge < -0.3 is 14.2 Å². The van der Waals surface area contributed by atoms with Crippen molar-refractivity contribution in [2.45, 2.75) is 329 Å². The fraction of sp³-hybridized carbons (Fsp3) is 0.757. The molecule has 0 heterocycles. The van der Waals surface area contributed by atoms with Crippen molar-refractivity contribution in [3.05, 3.63) is 85.1 Å². The first kappa shape index (κ1) is 72.6. The first-order valence-corrected chi connectivity index (χ1v) is 32.6. The van der Waals surface area contributed by atoms with Crippen molar-refractivity contribution < 1.29 is 28.6 Å². The van der Waals surface area contributed by atoms with Crippen LogP contribution in [0.4, 0.5) is 0 Å². The van der Waals surface area contributed by atoms with Crippen LogP contribution in [-0.2, 0) is 28.6 Å². The lowest BCUT2D eigenvalue weighted by Crippen LogP contribution is -2.30. The first-order valence-electron chi connectivity index (χ1n) is 32.6. The Morgan fingerprint density at radius 1 is 0.276 bits per heavy atom. The van der Waals surface area contributed by atoms with E-state index in [1.807, 2.05) is 0 Å². The number of hydrogen-bond acceptors (Lipinski definition) is 6. The van der Waals surface area contributed by atoms with Crippen molar-refractivity contribution in [1.29, 1.82) is 0 Å². The molecule has 0 aromatic carbocycles. The second-order valence-corrected chi connectivity index (χ2v) is 21.6. The molecule has 0 aromatic heterocycles. The van der Waals surface area contributed by atoms with Crippen LogP contribution in [0.5, 0.6) is 0 Å². The van der Waals surface area contributed by atoms with Gasteiger partial charge in [0.05, 0.1) is 0 Å². The molecular formula is C70H122O6. The third kappa shape index (κ3) is 61.4. The molecule has 1 unspecified atom stereocenters. The second-order valence-electron chi connectivity index (χ2n) is 21.6. The van der Waals surface area contributed by atoms with E-state index in [-0.39, 0.29) is 31.1 Å². The van der Waals surface area contributed by atoms with Crippen LogP contribution in [0, 0.1) is 0 Å². The summed E-state index contributed by atoms with van der Waals surface area (Å²) in [6.45, 7) is 6.50. The maximum absolute atomic E-state index is 12.9. The lowest BCUT2D eigenvalue weighted by atomic mass is 10.0. The number of unbranched alkanes of at least 4 members (excludes halogenated alkanes) is 34. The minimum atomic E-state index is -0.781. The number of rotatable bonds is 59. The van der Waals surface area contributed by atoms with E-state index >= 15 is 0 Å². The summed E-state index contributed by atoms with van der Waals surface area (Å²) < 4.78 is 16.9. The Hall–Kier alpha value is -3.41. The summed E-state index contributed by atoms with van der Waals surface area (Å²) in [6.07, 6.45) is 84.6. The molecule has 1 atom stereocenters. The number of hydrogen-bond donors (Lipinski definition) is 0. The van der Waals surface area contributed by atoms with Crippen LogP contribution in [0.15, 0.2) is 85.1 Å². The quantitative estimate of drug-likeness (QED) is 0.0261. The molecule has 0 saturated carbocycles. The normalized spacial score (nSPS) is 12.6. The smallest absolute Gasteiger partial charge is 0.306 e. The minimum absolute atomic E-state index is 0.0776. The molecule has 438 valence electrons. The Morgan fingerprint density at radius 2 is 0.526 bits per heavy atom. The Bertz CT molecular complexity index is 1450. The van der Waals surface area contributed by atoms with Crippen LogP contribution in [0.25, 0.3) is 0 Å². The minimum Gasteiger partial charge on any atom is -0.462 e. The number of esters is 3. The van der Waals surface area contributed by atoms with E-state index in [2.05, 4.69) is 106 Å². The van der Waals surface area contributed by atoms with E-state index in [0.717, 1.165) is 116 Å². The highest BCUT2D eigenvalue weighted by Gasteiger charge is 2.19. The van der Waals surface area contributed by atoms with Gasteiger partial charge in [0.2, 0.25) is 0 Å². The van der Waals surface area contributed by atoms with E-state index < -0.39 is 6.10 Å². The number of ether oxygens (including phenoxy) is 3. The third-order valence-corrected chi connectivity index (χ3v) is 14.1. The molecule has 6 heteroatoms. The third-order valence-electron chi connectivity index (χ3n) is 14.1. The topological polar surface area (TPSA) is 78.9 Å². The molecule has 0 N–H and O–H groups in total. The van der Waals surface area contributed by atoms with Crippen molar-refractivity contribution in [3.63, 3.8) is 0 Å². The molecule has 6 nitrogen and oxygen atoms in total. The summed E-state index contributed by atoms with van der Waals surface area (Å²) in [6, 6.07) is 0. The second kappa shape index (κ2) is 64.1. The SMILES string of the molecule is CC/C=C\C/C=C\C/C=C\C/C=C\C/C=C\CCCCCCCCCCCCCCCCCC(=O)OCC(COC(=O)CCCCCCCCCCCCCCC)OC(=O)CCCCCCC/C=C\C/C=C\CCCC. The monoisotopic (exact) mass is 1060 g/mol. The summed E-state index contributed by atoms with van der Waals surface area (Å²) in [7, 11) is 0. The van der Waals surface area contributed by atoms with Gasteiger partial charge in [0, 0.05) is 19.3 Å². The van der Waals surface area contributed by atoms with E-state index in [4.69, 9.17) is 14.2 Å². The number of carbonyl (C=O) groups excluding carboxylic acids is 3. The Labute approximate surface area is 471 Å². The Balaban J connectivity index is 4.17. The first-order chi connectivity index (χ1) is 37.5. The van der Waals surface area contributed by atoms with Gasteiger partial charge in [-0.05, 0) is 89.9 Å². The predicted molar refractivity (Wildman–Crippen MR) is 330 cm³/mol. The van der Waals surface area contributed by atoms with Crippen LogP contribution >= 0.6 is 0 Å². The predicted octanol–water partition coefficient (Wildman–Crippen LogP) is 22.3. The van der Waals surface area contributed by atoms with Crippen LogP contribution in [0.3, 0.4) is 0 Å². The van der Waals surface area contributed by atoms with Gasteiger partial charge >= 0.3 is 17.9 Å². The molecule has 0 saturated heterocycles. The summed E-state index contributed by atoms with van der Waals surface area (Å²) in [5, 5.41) is 0. The van der Waals surface area contributed by atoms with Crippen molar-refractivity contribution in [1.82, 2.24) is 0 Å². The zero-order valence-corrected chi connectivity index (χ0v) is 50.3. The average Bonchev–Trinajstić information content (AvgIpc) is 3.42. The van der Waals surface area contributed by atoms with Gasteiger partial charge in [-0.3, -0.25) is 14.4 Å². The summed E-state index contributed by atoms with van der Waals surface area (Å²) in [5.74, 6) is -0.878. The lowest BCUT2D eigenvalue weighted by molar-refractivity contribution is -0.167. The molecule has 76 heavy (non-hydrogen) atoms. The number of allylic oxidation sites excluding steroid dienone is 14.